The van der Waals surface area contributed by atoms with Crippen LogP contribution in [0.25, 0.3) is 5.65 Å². The van der Waals surface area contributed by atoms with Crippen molar-refractivity contribution < 1.29 is 19.1 Å². The van der Waals surface area contributed by atoms with Crippen LogP contribution < -0.4 is 14.8 Å². The fourth-order valence-corrected chi connectivity index (χ4v) is 4.29. The Morgan fingerprint density at radius 3 is 2.82 bits per heavy atom. The van der Waals surface area contributed by atoms with Gasteiger partial charge in [-0.3, -0.25) is 9.59 Å². The monoisotopic (exact) mass is 450 g/mol. The van der Waals surface area contributed by atoms with Crippen LogP contribution in [-0.4, -0.2) is 39.0 Å². The second-order valence-electron chi connectivity index (χ2n) is 9.14. The molecule has 8 heteroatoms. The second kappa shape index (κ2) is 8.84. The van der Waals surface area contributed by atoms with Crippen molar-refractivity contribution in [3.8, 4) is 11.5 Å². The van der Waals surface area contributed by atoms with Gasteiger partial charge in [0.2, 0.25) is 0 Å². The largest absolute Gasteiger partial charge is 0.494 e. The van der Waals surface area contributed by atoms with Crippen LogP contribution in [0.3, 0.4) is 0 Å². The molecule has 0 aliphatic carbocycles. The van der Waals surface area contributed by atoms with Gasteiger partial charge in [0.05, 0.1) is 30.6 Å². The van der Waals surface area contributed by atoms with E-state index in [2.05, 4.69) is 22.3 Å². The minimum absolute atomic E-state index is 0.0684. The predicted molar refractivity (Wildman–Crippen MR) is 125 cm³/mol. The van der Waals surface area contributed by atoms with Crippen molar-refractivity contribution in [1.82, 2.24) is 14.6 Å². The number of carbonyl (C=O) groups is 2. The number of fused-ring (bicyclic) bond motifs is 2. The highest BCUT2D eigenvalue weighted by Crippen LogP contribution is 2.41. The van der Waals surface area contributed by atoms with Gasteiger partial charge in [-0.25, -0.2) is 9.50 Å². The number of carbonyl (C=O) groups excluding carboxylic acids is 2. The number of hydrogen-bond donors (Lipinski definition) is 1. The molecule has 0 spiro atoms. The molecule has 1 amide bonds. The second-order valence-corrected chi connectivity index (χ2v) is 9.14. The van der Waals surface area contributed by atoms with E-state index in [0.717, 1.165) is 37.0 Å². The third-order valence-electron chi connectivity index (χ3n) is 5.96. The number of ether oxygens (including phenoxy) is 2. The van der Waals surface area contributed by atoms with E-state index < -0.39 is 0 Å². The van der Waals surface area contributed by atoms with Crippen molar-refractivity contribution in [2.24, 2.45) is 0 Å². The molecule has 1 aliphatic rings. The van der Waals surface area contributed by atoms with Crippen LogP contribution in [0.1, 0.15) is 74.5 Å². The van der Waals surface area contributed by atoms with Crippen molar-refractivity contribution in [1.29, 1.82) is 0 Å². The Bertz CT molecular complexity index is 1210. The average molecular weight is 451 g/mol. The quantitative estimate of drug-likeness (QED) is 0.540. The number of ketones is 1. The molecule has 33 heavy (non-hydrogen) atoms. The molecule has 0 saturated heterocycles. The van der Waals surface area contributed by atoms with E-state index in [0.29, 0.717) is 28.3 Å². The van der Waals surface area contributed by atoms with E-state index in [1.165, 1.54) is 6.20 Å². The van der Waals surface area contributed by atoms with Gasteiger partial charge in [0.25, 0.3) is 5.91 Å². The molecule has 174 valence electrons. The predicted octanol–water partition coefficient (Wildman–Crippen LogP) is 4.57. The Balaban J connectivity index is 1.65. The molecule has 1 atom stereocenters. The summed E-state index contributed by atoms with van der Waals surface area (Å²) >= 11 is 0. The summed E-state index contributed by atoms with van der Waals surface area (Å²) in [5, 5.41) is 7.20. The van der Waals surface area contributed by atoms with Crippen LogP contribution in [0, 0.1) is 0 Å². The third-order valence-corrected chi connectivity index (χ3v) is 5.96. The number of aromatic nitrogens is 3. The molecule has 8 nitrogen and oxygen atoms in total. The third kappa shape index (κ3) is 4.55. The van der Waals surface area contributed by atoms with Crippen LogP contribution >= 0.6 is 0 Å². The zero-order valence-corrected chi connectivity index (χ0v) is 19.8. The number of rotatable bonds is 8. The summed E-state index contributed by atoms with van der Waals surface area (Å²) in [6.07, 6.45) is 6.63. The molecule has 1 aromatic carbocycles. The number of amides is 1. The van der Waals surface area contributed by atoms with E-state index in [-0.39, 0.29) is 23.2 Å². The molecule has 1 aliphatic heterocycles. The van der Waals surface area contributed by atoms with Gasteiger partial charge in [0, 0.05) is 24.2 Å². The summed E-state index contributed by atoms with van der Waals surface area (Å²) in [6.45, 7) is 7.72. The minimum Gasteiger partial charge on any atom is -0.494 e. The van der Waals surface area contributed by atoms with E-state index in [9.17, 15) is 9.59 Å². The first-order valence-electron chi connectivity index (χ1n) is 11.3. The van der Waals surface area contributed by atoms with Gasteiger partial charge in [-0.15, -0.1) is 0 Å². The molecular formula is C25H30N4O4. The molecule has 0 fully saturated rings. The van der Waals surface area contributed by atoms with Crippen LogP contribution in [0.4, 0.5) is 5.69 Å². The van der Waals surface area contributed by atoms with Gasteiger partial charge in [-0.1, -0.05) is 19.8 Å². The Kier molecular flexibility index (Phi) is 6.10. The molecular weight excluding hydrogens is 420 g/mol. The number of Topliss-reactive ketones (excluding diaryl/α,β-unsaturated/α-hetero) is 1. The first-order chi connectivity index (χ1) is 15.7. The highest BCUT2D eigenvalue weighted by atomic mass is 16.5. The van der Waals surface area contributed by atoms with Crippen molar-refractivity contribution >= 4 is 23.0 Å². The Morgan fingerprint density at radius 1 is 1.33 bits per heavy atom. The first-order valence-corrected chi connectivity index (χ1v) is 11.3. The SMILES string of the molecule is CCCCC(C(C)=O)c1ccn2ncc(C(=O)Nc3cc4c(cc3OC)OC(C)(C)C4)c2n1. The minimum atomic E-state index is -0.348. The lowest BCUT2D eigenvalue weighted by atomic mass is 9.94. The smallest absolute Gasteiger partial charge is 0.261 e. The van der Waals surface area contributed by atoms with Gasteiger partial charge >= 0.3 is 0 Å². The maximum absolute atomic E-state index is 13.2. The zero-order chi connectivity index (χ0) is 23.8. The molecule has 4 rings (SSSR count). The number of nitrogens with zero attached hydrogens (tertiary/aromatic N) is 3. The standard InChI is InChI=1S/C25H30N4O4/c1-6-7-8-17(15(2)30)19-9-10-29-23(27-19)18(14-26-29)24(31)28-20-11-16-13-25(3,4)33-21(16)12-22(20)32-5/h9-12,14,17H,6-8,13H2,1-5H3,(H,28,31). The zero-order valence-electron chi connectivity index (χ0n) is 19.8. The summed E-state index contributed by atoms with van der Waals surface area (Å²) in [6, 6.07) is 5.49. The van der Waals surface area contributed by atoms with Gasteiger partial charge in [-0.05, 0) is 39.3 Å². The van der Waals surface area contributed by atoms with Gasteiger partial charge in [0.1, 0.15) is 28.4 Å². The summed E-state index contributed by atoms with van der Waals surface area (Å²) in [4.78, 5) is 30.1. The van der Waals surface area contributed by atoms with Crippen molar-refractivity contribution in [2.45, 2.75) is 64.9 Å². The normalized spacial score (nSPS) is 15.1. The molecule has 2 aromatic heterocycles. The first kappa shape index (κ1) is 22.8. The Morgan fingerprint density at radius 2 is 2.12 bits per heavy atom. The number of unbranched alkanes of at least 4 members (excludes halogenated alkanes) is 1. The maximum Gasteiger partial charge on any atom is 0.261 e. The summed E-state index contributed by atoms with van der Waals surface area (Å²) < 4.78 is 13.0. The van der Waals surface area contributed by atoms with Crippen LogP contribution in [0.2, 0.25) is 0 Å². The lowest BCUT2D eigenvalue weighted by molar-refractivity contribution is -0.118. The topological polar surface area (TPSA) is 94.8 Å². The molecule has 1 unspecified atom stereocenters. The van der Waals surface area contributed by atoms with Crippen LogP contribution in [0.15, 0.2) is 30.6 Å². The number of nitrogens with one attached hydrogen (secondary N) is 1. The fourth-order valence-electron chi connectivity index (χ4n) is 4.29. The van der Waals surface area contributed by atoms with Crippen LogP contribution in [-0.2, 0) is 11.2 Å². The van der Waals surface area contributed by atoms with Crippen molar-refractivity contribution in [2.75, 3.05) is 12.4 Å². The summed E-state index contributed by atoms with van der Waals surface area (Å²) in [7, 11) is 1.55. The summed E-state index contributed by atoms with van der Waals surface area (Å²) in [5.41, 5.74) is 2.67. The number of benzene rings is 1. The Hall–Kier alpha value is -3.42. The highest BCUT2D eigenvalue weighted by Gasteiger charge is 2.31. The maximum atomic E-state index is 13.2. The van der Waals surface area contributed by atoms with Crippen LogP contribution in [0.5, 0.6) is 11.5 Å². The molecule has 3 aromatic rings. The average Bonchev–Trinajstić information content (AvgIpc) is 3.31. The van der Waals surface area contributed by atoms with Crippen molar-refractivity contribution in [3.05, 3.63) is 47.4 Å². The van der Waals surface area contributed by atoms with E-state index in [4.69, 9.17) is 9.47 Å². The fraction of sp³-hybridized carbons (Fsp3) is 0.440. The van der Waals surface area contributed by atoms with E-state index >= 15 is 0 Å². The highest BCUT2D eigenvalue weighted by molar-refractivity contribution is 6.08. The summed E-state index contributed by atoms with van der Waals surface area (Å²) in [5.74, 6) is 0.708. The molecule has 3 heterocycles. The number of anilines is 1. The number of methoxy groups -OCH3 is 1. The molecule has 0 bridgehead atoms. The van der Waals surface area contributed by atoms with E-state index in [1.54, 1.807) is 36.9 Å². The molecule has 1 N–H and O–H groups in total. The van der Waals surface area contributed by atoms with Gasteiger partial charge < -0.3 is 14.8 Å². The molecule has 0 radical (unpaired) electrons. The Labute approximate surface area is 193 Å². The van der Waals surface area contributed by atoms with Gasteiger partial charge in [-0.2, -0.15) is 5.10 Å². The number of hydrogen-bond acceptors (Lipinski definition) is 6. The molecule has 0 saturated carbocycles. The van der Waals surface area contributed by atoms with E-state index in [1.807, 2.05) is 19.9 Å². The van der Waals surface area contributed by atoms with Crippen molar-refractivity contribution in [3.63, 3.8) is 0 Å². The lowest BCUT2D eigenvalue weighted by Gasteiger charge is -2.17. The van der Waals surface area contributed by atoms with Gasteiger partial charge in [0.15, 0.2) is 5.65 Å². The lowest BCUT2D eigenvalue weighted by Crippen LogP contribution is -2.24.